The van der Waals surface area contributed by atoms with E-state index in [0.29, 0.717) is 18.8 Å². The number of imide groups is 1. The van der Waals surface area contributed by atoms with Crippen LogP contribution in [0.25, 0.3) is 0 Å². The molecule has 1 unspecified atom stereocenters. The Balaban J connectivity index is 1.66. The molecule has 1 N–H and O–H groups in total. The van der Waals surface area contributed by atoms with E-state index in [2.05, 4.69) is 20.8 Å². The molecule has 130 valence electrons. The maximum absolute atomic E-state index is 13.2. The highest BCUT2D eigenvalue weighted by atomic mass is 16.2. The molecule has 1 spiro atoms. The van der Waals surface area contributed by atoms with Crippen LogP contribution in [0, 0.1) is 0 Å². The largest absolute Gasteiger partial charge is 0.325 e. The fraction of sp³-hybridized carbons (Fsp3) is 0.471. The minimum absolute atomic E-state index is 0.0849. The molecule has 0 bridgehead atoms. The lowest BCUT2D eigenvalue weighted by Gasteiger charge is -2.33. The van der Waals surface area contributed by atoms with Gasteiger partial charge in [-0.25, -0.2) is 9.48 Å². The van der Waals surface area contributed by atoms with Crippen LogP contribution < -0.4 is 5.32 Å². The molecule has 8 heteroatoms. The monoisotopic (exact) mass is 340 g/mol. The molecule has 4 rings (SSSR count). The van der Waals surface area contributed by atoms with E-state index in [1.807, 2.05) is 31.2 Å². The molecule has 1 aliphatic carbocycles. The number of hydrogen-bond donors (Lipinski definition) is 1. The fourth-order valence-electron chi connectivity index (χ4n) is 3.82. The number of benzene rings is 1. The highest BCUT2D eigenvalue weighted by molar-refractivity contribution is 6.07. The number of carbonyl (C=O) groups is 2. The van der Waals surface area contributed by atoms with Gasteiger partial charge in [-0.1, -0.05) is 31.2 Å². The van der Waals surface area contributed by atoms with Gasteiger partial charge in [0, 0.05) is 6.54 Å². The normalized spacial score (nSPS) is 22.4. The van der Waals surface area contributed by atoms with Gasteiger partial charge in [-0.3, -0.25) is 9.69 Å². The average Bonchev–Trinajstić information content (AvgIpc) is 3.15. The SMILES string of the molecule is CCCn1nnnc1CN1C(=O)NC2(CCCc3ccccc32)C1=O. The molecule has 25 heavy (non-hydrogen) atoms. The summed E-state index contributed by atoms with van der Waals surface area (Å²) >= 11 is 0. The lowest BCUT2D eigenvalue weighted by molar-refractivity contribution is -0.132. The number of tetrazole rings is 1. The fourth-order valence-corrected chi connectivity index (χ4v) is 3.82. The summed E-state index contributed by atoms with van der Waals surface area (Å²) in [4.78, 5) is 27.0. The summed E-state index contributed by atoms with van der Waals surface area (Å²) in [7, 11) is 0. The predicted octanol–water partition coefficient (Wildman–Crippen LogP) is 1.37. The molecule has 0 radical (unpaired) electrons. The lowest BCUT2D eigenvalue weighted by atomic mass is 9.76. The van der Waals surface area contributed by atoms with Crippen LogP contribution in [-0.2, 0) is 29.8 Å². The highest BCUT2D eigenvalue weighted by Crippen LogP contribution is 2.40. The predicted molar refractivity (Wildman–Crippen MR) is 88.2 cm³/mol. The molecule has 2 aliphatic rings. The van der Waals surface area contributed by atoms with Crippen LogP contribution in [0.4, 0.5) is 4.79 Å². The Labute approximate surface area is 145 Å². The van der Waals surface area contributed by atoms with E-state index in [-0.39, 0.29) is 18.5 Å². The van der Waals surface area contributed by atoms with Gasteiger partial charge in [0.05, 0.1) is 6.54 Å². The molecular formula is C17H20N6O2. The van der Waals surface area contributed by atoms with E-state index in [1.165, 1.54) is 4.90 Å². The third kappa shape index (κ3) is 2.40. The molecule has 2 heterocycles. The summed E-state index contributed by atoms with van der Waals surface area (Å²) in [5, 5.41) is 14.5. The maximum atomic E-state index is 13.2. The number of fused-ring (bicyclic) bond motifs is 2. The lowest BCUT2D eigenvalue weighted by Crippen LogP contribution is -2.46. The van der Waals surface area contributed by atoms with Gasteiger partial charge in [-0.2, -0.15) is 0 Å². The van der Waals surface area contributed by atoms with Crippen LogP contribution in [0.5, 0.6) is 0 Å². The summed E-state index contributed by atoms with van der Waals surface area (Å²) in [5.74, 6) is 0.308. The zero-order valence-corrected chi connectivity index (χ0v) is 14.1. The molecule has 8 nitrogen and oxygen atoms in total. The van der Waals surface area contributed by atoms with Crippen molar-refractivity contribution in [2.45, 2.75) is 51.2 Å². The number of aromatic nitrogens is 4. The van der Waals surface area contributed by atoms with E-state index < -0.39 is 5.54 Å². The second-order valence-corrected chi connectivity index (χ2v) is 6.56. The number of carbonyl (C=O) groups excluding carboxylic acids is 2. The zero-order valence-electron chi connectivity index (χ0n) is 14.1. The first kappa shape index (κ1) is 15.7. The third-order valence-corrected chi connectivity index (χ3v) is 4.99. The highest BCUT2D eigenvalue weighted by Gasteiger charge is 2.54. The molecule has 1 aromatic heterocycles. The third-order valence-electron chi connectivity index (χ3n) is 4.99. The van der Waals surface area contributed by atoms with E-state index in [9.17, 15) is 9.59 Å². The quantitative estimate of drug-likeness (QED) is 0.849. The van der Waals surface area contributed by atoms with Crippen molar-refractivity contribution < 1.29 is 9.59 Å². The molecule has 0 saturated carbocycles. The van der Waals surface area contributed by atoms with Gasteiger partial charge < -0.3 is 5.32 Å². The summed E-state index contributed by atoms with van der Waals surface area (Å²) < 4.78 is 1.64. The Morgan fingerprint density at radius 3 is 2.96 bits per heavy atom. The molecule has 1 aliphatic heterocycles. The average molecular weight is 340 g/mol. The molecule has 3 amide bonds. The Bertz CT molecular complexity index is 832. The van der Waals surface area contributed by atoms with Crippen LogP contribution in [0.1, 0.15) is 43.1 Å². The van der Waals surface area contributed by atoms with Gasteiger partial charge in [0.2, 0.25) is 0 Å². The van der Waals surface area contributed by atoms with Crippen molar-refractivity contribution in [3.05, 3.63) is 41.2 Å². The standard InChI is InChI=1S/C17H20N6O2/c1-2-10-23-14(19-20-21-23)11-22-15(24)17(18-16(22)25)9-5-7-12-6-3-4-8-13(12)17/h3-4,6,8H,2,5,7,9-11H2,1H3,(H,18,25). The van der Waals surface area contributed by atoms with Crippen LogP contribution >= 0.6 is 0 Å². The van der Waals surface area contributed by atoms with Crippen LogP contribution in [-0.4, -0.2) is 37.0 Å². The van der Waals surface area contributed by atoms with Gasteiger partial charge in [0.25, 0.3) is 5.91 Å². The molecule has 1 saturated heterocycles. The number of amides is 3. The number of urea groups is 1. The number of rotatable bonds is 4. The Morgan fingerprint density at radius 2 is 2.12 bits per heavy atom. The van der Waals surface area contributed by atoms with E-state index >= 15 is 0 Å². The number of nitrogens with zero attached hydrogens (tertiary/aromatic N) is 5. The first-order valence-corrected chi connectivity index (χ1v) is 8.63. The number of nitrogens with one attached hydrogen (secondary N) is 1. The molecule has 2 aromatic rings. The Kier molecular flexibility index (Phi) is 3.74. The zero-order chi connectivity index (χ0) is 17.4. The van der Waals surface area contributed by atoms with Gasteiger partial charge in [0.15, 0.2) is 5.82 Å². The topological polar surface area (TPSA) is 93.0 Å². The van der Waals surface area contributed by atoms with Crippen LogP contribution in [0.3, 0.4) is 0 Å². The maximum Gasteiger partial charge on any atom is 0.325 e. The van der Waals surface area contributed by atoms with Gasteiger partial charge in [-0.15, -0.1) is 5.10 Å². The van der Waals surface area contributed by atoms with E-state index in [4.69, 9.17) is 0 Å². The first-order valence-electron chi connectivity index (χ1n) is 8.63. The Morgan fingerprint density at radius 1 is 1.28 bits per heavy atom. The molecular weight excluding hydrogens is 320 g/mol. The van der Waals surface area contributed by atoms with Crippen LogP contribution in [0.15, 0.2) is 24.3 Å². The summed E-state index contributed by atoms with van der Waals surface area (Å²) in [5.41, 5.74) is 1.09. The Hall–Kier alpha value is -2.77. The van der Waals surface area contributed by atoms with Crippen molar-refractivity contribution in [1.29, 1.82) is 0 Å². The van der Waals surface area contributed by atoms with Gasteiger partial charge >= 0.3 is 6.03 Å². The number of hydrogen-bond acceptors (Lipinski definition) is 5. The summed E-state index contributed by atoms with van der Waals surface area (Å²) in [6.07, 6.45) is 3.28. The minimum Gasteiger partial charge on any atom is -0.319 e. The second-order valence-electron chi connectivity index (χ2n) is 6.56. The van der Waals surface area contributed by atoms with Crippen molar-refractivity contribution in [2.24, 2.45) is 0 Å². The van der Waals surface area contributed by atoms with Crippen molar-refractivity contribution in [3.8, 4) is 0 Å². The van der Waals surface area contributed by atoms with Gasteiger partial charge in [-0.05, 0) is 47.2 Å². The molecule has 1 fully saturated rings. The van der Waals surface area contributed by atoms with E-state index in [0.717, 1.165) is 30.4 Å². The first-order chi connectivity index (χ1) is 12.2. The smallest absolute Gasteiger partial charge is 0.319 e. The van der Waals surface area contributed by atoms with Crippen molar-refractivity contribution in [3.63, 3.8) is 0 Å². The summed E-state index contributed by atoms with van der Waals surface area (Å²) in [6, 6.07) is 7.47. The number of aryl methyl sites for hydroxylation is 2. The van der Waals surface area contributed by atoms with E-state index in [1.54, 1.807) is 4.68 Å². The summed E-state index contributed by atoms with van der Waals surface area (Å²) in [6.45, 7) is 2.76. The van der Waals surface area contributed by atoms with Crippen molar-refractivity contribution in [2.75, 3.05) is 0 Å². The second kappa shape index (κ2) is 5.94. The molecule has 1 atom stereocenters. The molecule has 1 aromatic carbocycles. The van der Waals surface area contributed by atoms with Crippen LogP contribution in [0.2, 0.25) is 0 Å². The van der Waals surface area contributed by atoms with Crippen molar-refractivity contribution >= 4 is 11.9 Å². The minimum atomic E-state index is -0.949. The van der Waals surface area contributed by atoms with Crippen molar-refractivity contribution in [1.82, 2.24) is 30.4 Å². The van der Waals surface area contributed by atoms with Gasteiger partial charge in [0.1, 0.15) is 5.54 Å².